The Morgan fingerprint density at radius 2 is 2.12 bits per heavy atom. The summed E-state index contributed by atoms with van der Waals surface area (Å²) in [7, 11) is 0. The van der Waals surface area contributed by atoms with E-state index in [2.05, 4.69) is 5.32 Å². The van der Waals surface area contributed by atoms with Gasteiger partial charge in [0.05, 0.1) is 4.87 Å². The maximum absolute atomic E-state index is 12.5. The Balaban J connectivity index is 1.47. The number of hydrogen-bond donors (Lipinski definition) is 2. The largest absolute Gasteiger partial charge is 0.482 e. The summed E-state index contributed by atoms with van der Waals surface area (Å²) in [6, 6.07) is 6.72. The second-order valence-electron chi connectivity index (χ2n) is 6.63. The predicted molar refractivity (Wildman–Crippen MR) is 97.0 cm³/mol. The van der Waals surface area contributed by atoms with Gasteiger partial charge in [0.2, 0.25) is 11.8 Å². The SMILES string of the molecule is CC12CCC(=O)N1C(C(=O)NCCc1ccc(OCC(=O)O)cc1)CS2. The molecule has 3 rings (SSSR count). The number of benzene rings is 1. The van der Waals surface area contributed by atoms with Gasteiger partial charge in [0.15, 0.2) is 6.61 Å². The van der Waals surface area contributed by atoms with Gasteiger partial charge >= 0.3 is 5.97 Å². The van der Waals surface area contributed by atoms with Crippen LogP contribution >= 0.6 is 11.8 Å². The summed E-state index contributed by atoms with van der Waals surface area (Å²) in [5.41, 5.74) is 1.01. The number of ether oxygens (including phenoxy) is 1. The van der Waals surface area contributed by atoms with Gasteiger partial charge in [-0.25, -0.2) is 4.79 Å². The predicted octanol–water partition coefficient (Wildman–Crippen LogP) is 1.26. The van der Waals surface area contributed by atoms with E-state index in [1.807, 2.05) is 19.1 Å². The molecule has 2 heterocycles. The lowest BCUT2D eigenvalue weighted by Crippen LogP contribution is -2.50. The van der Waals surface area contributed by atoms with E-state index in [1.165, 1.54) is 0 Å². The lowest BCUT2D eigenvalue weighted by Gasteiger charge is -2.29. The lowest BCUT2D eigenvalue weighted by atomic mass is 10.1. The Bertz CT molecular complexity index is 708. The summed E-state index contributed by atoms with van der Waals surface area (Å²) in [5.74, 6) is 0.0841. The molecule has 2 atom stereocenters. The maximum Gasteiger partial charge on any atom is 0.341 e. The molecule has 2 aliphatic rings. The Morgan fingerprint density at radius 3 is 2.81 bits per heavy atom. The van der Waals surface area contributed by atoms with Gasteiger partial charge in [0.1, 0.15) is 11.8 Å². The fraction of sp³-hybridized carbons (Fsp3) is 0.500. The molecule has 0 radical (unpaired) electrons. The smallest absolute Gasteiger partial charge is 0.341 e. The Morgan fingerprint density at radius 1 is 1.38 bits per heavy atom. The molecule has 2 saturated heterocycles. The topological polar surface area (TPSA) is 95.9 Å². The molecule has 0 aliphatic carbocycles. The molecule has 0 spiro atoms. The Kier molecular flexibility index (Phi) is 5.41. The first kappa shape index (κ1) is 18.6. The van der Waals surface area contributed by atoms with Crippen LogP contribution < -0.4 is 10.1 Å². The van der Waals surface area contributed by atoms with Crippen LogP contribution in [0.3, 0.4) is 0 Å². The first-order valence-corrected chi connectivity index (χ1v) is 9.55. The molecule has 2 amide bonds. The summed E-state index contributed by atoms with van der Waals surface area (Å²) < 4.78 is 5.08. The molecule has 1 aromatic carbocycles. The zero-order valence-corrected chi connectivity index (χ0v) is 15.4. The first-order valence-electron chi connectivity index (χ1n) is 8.56. The standard InChI is InChI=1S/C18H22N2O5S/c1-18-8-6-15(21)20(18)14(11-26-18)17(24)19-9-7-12-2-4-13(5-3-12)25-10-16(22)23/h2-5,14H,6-11H2,1H3,(H,19,24)(H,22,23). The molecule has 0 bridgehead atoms. The molecule has 0 saturated carbocycles. The summed E-state index contributed by atoms with van der Waals surface area (Å²) in [5, 5.41) is 11.5. The highest BCUT2D eigenvalue weighted by molar-refractivity contribution is 8.01. The van der Waals surface area contributed by atoms with Crippen molar-refractivity contribution in [2.45, 2.75) is 37.1 Å². The number of nitrogens with zero attached hydrogens (tertiary/aromatic N) is 1. The number of carboxylic acids is 1. The maximum atomic E-state index is 12.5. The van der Waals surface area contributed by atoms with E-state index >= 15 is 0 Å². The minimum Gasteiger partial charge on any atom is -0.482 e. The number of rotatable bonds is 7. The van der Waals surface area contributed by atoms with Crippen molar-refractivity contribution in [2.75, 3.05) is 18.9 Å². The van der Waals surface area contributed by atoms with Crippen LogP contribution in [0.5, 0.6) is 5.75 Å². The van der Waals surface area contributed by atoms with Crippen molar-refractivity contribution in [3.63, 3.8) is 0 Å². The quantitative estimate of drug-likeness (QED) is 0.742. The van der Waals surface area contributed by atoms with Crippen molar-refractivity contribution in [2.24, 2.45) is 0 Å². The van der Waals surface area contributed by atoms with Crippen LogP contribution in [-0.2, 0) is 20.8 Å². The summed E-state index contributed by atoms with van der Waals surface area (Å²) in [6.45, 7) is 2.14. The van der Waals surface area contributed by atoms with Gasteiger partial charge in [0, 0.05) is 18.7 Å². The molecule has 26 heavy (non-hydrogen) atoms. The molecule has 2 aliphatic heterocycles. The summed E-state index contributed by atoms with van der Waals surface area (Å²) in [6.07, 6.45) is 1.97. The molecule has 8 heteroatoms. The monoisotopic (exact) mass is 378 g/mol. The molecule has 2 N–H and O–H groups in total. The van der Waals surface area contributed by atoms with Crippen molar-refractivity contribution in [1.82, 2.24) is 10.2 Å². The van der Waals surface area contributed by atoms with Crippen LogP contribution in [0, 0.1) is 0 Å². The van der Waals surface area contributed by atoms with E-state index < -0.39 is 5.97 Å². The van der Waals surface area contributed by atoms with Gasteiger partial charge < -0.3 is 20.1 Å². The summed E-state index contributed by atoms with van der Waals surface area (Å²) >= 11 is 1.68. The highest BCUT2D eigenvalue weighted by Gasteiger charge is 2.52. The van der Waals surface area contributed by atoms with Crippen molar-refractivity contribution >= 4 is 29.5 Å². The van der Waals surface area contributed by atoms with E-state index in [4.69, 9.17) is 9.84 Å². The number of fused-ring (bicyclic) bond motifs is 1. The van der Waals surface area contributed by atoms with Crippen LogP contribution in [0.4, 0.5) is 0 Å². The second-order valence-corrected chi connectivity index (χ2v) is 8.13. The van der Waals surface area contributed by atoms with Crippen LogP contribution in [0.2, 0.25) is 0 Å². The first-order chi connectivity index (χ1) is 12.4. The number of aliphatic carboxylic acids is 1. The number of thioether (sulfide) groups is 1. The van der Waals surface area contributed by atoms with Crippen LogP contribution in [-0.4, -0.2) is 57.6 Å². The third-order valence-corrected chi connectivity index (χ3v) is 6.25. The Hall–Kier alpha value is -2.22. The van der Waals surface area contributed by atoms with Gasteiger partial charge in [-0.1, -0.05) is 12.1 Å². The third-order valence-electron chi connectivity index (χ3n) is 4.75. The number of nitrogens with one attached hydrogen (secondary N) is 1. The van der Waals surface area contributed by atoms with E-state index in [-0.39, 0.29) is 29.3 Å². The zero-order valence-electron chi connectivity index (χ0n) is 14.6. The number of hydrogen-bond acceptors (Lipinski definition) is 5. The number of carbonyl (C=O) groups excluding carboxylic acids is 2. The minimum absolute atomic E-state index is 0.0644. The Labute approximate surface area is 156 Å². The van der Waals surface area contributed by atoms with Gasteiger partial charge in [-0.3, -0.25) is 9.59 Å². The molecule has 2 fully saturated rings. The molecule has 7 nitrogen and oxygen atoms in total. The van der Waals surface area contributed by atoms with Crippen LogP contribution in [0.1, 0.15) is 25.3 Å². The number of amides is 2. The molecule has 1 aromatic rings. The fourth-order valence-corrected chi connectivity index (χ4v) is 4.79. The van der Waals surface area contributed by atoms with Crippen molar-refractivity contribution < 1.29 is 24.2 Å². The minimum atomic E-state index is -1.02. The van der Waals surface area contributed by atoms with E-state index in [0.29, 0.717) is 30.9 Å². The second kappa shape index (κ2) is 7.57. The summed E-state index contributed by atoms with van der Waals surface area (Å²) in [4.78, 5) is 36.5. The average Bonchev–Trinajstić information content (AvgIpc) is 3.10. The molecular weight excluding hydrogens is 356 g/mol. The number of carbonyl (C=O) groups is 3. The van der Waals surface area contributed by atoms with Gasteiger partial charge in [-0.05, 0) is 37.5 Å². The van der Waals surface area contributed by atoms with Crippen molar-refractivity contribution in [3.05, 3.63) is 29.8 Å². The van der Waals surface area contributed by atoms with Gasteiger partial charge in [-0.2, -0.15) is 0 Å². The molecule has 2 unspecified atom stereocenters. The molecule has 0 aromatic heterocycles. The highest BCUT2D eigenvalue weighted by Crippen LogP contribution is 2.47. The van der Waals surface area contributed by atoms with Crippen molar-refractivity contribution in [1.29, 1.82) is 0 Å². The van der Waals surface area contributed by atoms with Gasteiger partial charge in [-0.15, -0.1) is 11.8 Å². The van der Waals surface area contributed by atoms with E-state index in [0.717, 1.165) is 12.0 Å². The molecular formula is C18H22N2O5S. The van der Waals surface area contributed by atoms with E-state index in [9.17, 15) is 14.4 Å². The number of carboxylic acid groups (broad SMARTS) is 1. The average molecular weight is 378 g/mol. The third kappa shape index (κ3) is 3.95. The fourth-order valence-electron chi connectivity index (χ4n) is 3.36. The zero-order chi connectivity index (χ0) is 18.7. The van der Waals surface area contributed by atoms with Crippen molar-refractivity contribution in [3.8, 4) is 5.75 Å². The molecule has 140 valence electrons. The van der Waals surface area contributed by atoms with Crippen LogP contribution in [0.15, 0.2) is 24.3 Å². The highest BCUT2D eigenvalue weighted by atomic mass is 32.2. The van der Waals surface area contributed by atoms with Gasteiger partial charge in [0.25, 0.3) is 0 Å². The normalized spacial score (nSPS) is 24.4. The lowest BCUT2D eigenvalue weighted by molar-refractivity contribution is -0.139. The van der Waals surface area contributed by atoms with E-state index in [1.54, 1.807) is 28.8 Å². The van der Waals surface area contributed by atoms with Crippen LogP contribution in [0.25, 0.3) is 0 Å².